The summed E-state index contributed by atoms with van der Waals surface area (Å²) in [5, 5.41) is 0. The molecule has 0 atom stereocenters. The number of rotatable bonds is 39. The van der Waals surface area contributed by atoms with Gasteiger partial charge in [0.1, 0.15) is 0 Å². The fourth-order valence-corrected chi connectivity index (χ4v) is 3.01. The molecule has 0 spiro atoms. The third-order valence-corrected chi connectivity index (χ3v) is 5.42. The smallest absolute Gasteiger partial charge is 0.0701 e. The summed E-state index contributed by atoms with van der Waals surface area (Å²) in [5.74, 6) is 0. The van der Waals surface area contributed by atoms with Gasteiger partial charge in [0.25, 0.3) is 0 Å². The Morgan fingerprint density at radius 1 is 0.279 bits per heavy atom. The van der Waals surface area contributed by atoms with E-state index in [4.69, 9.17) is 56.8 Å². The lowest BCUT2D eigenvalue weighted by Crippen LogP contribution is -2.19. The van der Waals surface area contributed by atoms with Gasteiger partial charge in [0.05, 0.1) is 152 Å². The second kappa shape index (κ2) is 39.5. The normalized spacial score (nSPS) is 11.7. The molecule has 0 aliphatic carbocycles. The topological polar surface area (TPSA) is 114 Å². The van der Waals surface area contributed by atoms with Gasteiger partial charge in [0.15, 0.2) is 0 Å². The fourth-order valence-electron chi connectivity index (χ4n) is 3.01. The Balaban J connectivity index is 3.03. The van der Waals surface area contributed by atoms with E-state index in [1.54, 1.807) is 0 Å². The largest absolute Gasteiger partial charge is 0.379 e. The van der Waals surface area contributed by atoms with Crippen LogP contribution in [0.3, 0.4) is 0 Å². The molecule has 0 radical (unpaired) electrons. The van der Waals surface area contributed by atoms with Crippen LogP contribution in [0.1, 0.15) is 19.8 Å². The van der Waals surface area contributed by atoms with E-state index in [2.05, 4.69) is 11.8 Å². The number of ether oxygens (including phenoxy) is 12. The molecule has 13 heteroatoms. The maximum absolute atomic E-state index is 5.48. The van der Waals surface area contributed by atoms with Crippen LogP contribution in [0, 0.1) is 0 Å². The molecule has 0 amide bonds. The summed E-state index contributed by atoms with van der Waals surface area (Å²) in [6, 6.07) is 0. The SMILES string of the molecule is CCCCOCCOCCOCCOCCOCCOCCOCCOCCOCCOCCOCCOCCN(C)C. The van der Waals surface area contributed by atoms with Crippen molar-refractivity contribution in [2.45, 2.75) is 19.8 Å². The molecule has 0 N–H and O–H groups in total. The Morgan fingerprint density at radius 2 is 0.465 bits per heavy atom. The number of unbranched alkanes of at least 4 members (excludes halogenated alkanes) is 1. The molecule has 0 saturated carbocycles. The van der Waals surface area contributed by atoms with Crippen molar-refractivity contribution in [3.8, 4) is 0 Å². The summed E-state index contributed by atoms with van der Waals surface area (Å²) >= 11 is 0. The Kier molecular flexibility index (Phi) is 39.0. The predicted molar refractivity (Wildman–Crippen MR) is 163 cm³/mol. The van der Waals surface area contributed by atoms with Gasteiger partial charge < -0.3 is 61.7 Å². The van der Waals surface area contributed by atoms with Crippen molar-refractivity contribution in [1.29, 1.82) is 0 Å². The van der Waals surface area contributed by atoms with Gasteiger partial charge in [-0.2, -0.15) is 0 Å². The Labute approximate surface area is 260 Å². The van der Waals surface area contributed by atoms with Crippen molar-refractivity contribution in [1.82, 2.24) is 4.90 Å². The molecule has 0 aliphatic rings. The molecule has 0 bridgehead atoms. The molecular formula is C30H63NO12. The average molecular weight is 630 g/mol. The molecule has 43 heavy (non-hydrogen) atoms. The van der Waals surface area contributed by atoms with Gasteiger partial charge in [0, 0.05) is 13.2 Å². The van der Waals surface area contributed by atoms with Crippen LogP contribution in [0.15, 0.2) is 0 Å². The van der Waals surface area contributed by atoms with Crippen molar-refractivity contribution in [3.05, 3.63) is 0 Å². The molecule has 0 aliphatic heterocycles. The Hall–Kier alpha value is -0.520. The number of nitrogens with zero attached hydrogens (tertiary/aromatic N) is 1. The van der Waals surface area contributed by atoms with Gasteiger partial charge in [-0.1, -0.05) is 13.3 Å². The van der Waals surface area contributed by atoms with Crippen LogP contribution < -0.4 is 0 Å². The van der Waals surface area contributed by atoms with E-state index in [1.165, 1.54) is 0 Å². The molecule has 0 saturated heterocycles. The first-order valence-electron chi connectivity index (χ1n) is 15.8. The van der Waals surface area contributed by atoms with Gasteiger partial charge in [-0.05, 0) is 20.5 Å². The van der Waals surface area contributed by atoms with Gasteiger partial charge >= 0.3 is 0 Å². The zero-order valence-electron chi connectivity index (χ0n) is 27.4. The van der Waals surface area contributed by atoms with Crippen molar-refractivity contribution < 1.29 is 56.8 Å². The van der Waals surface area contributed by atoms with Crippen molar-refractivity contribution in [3.63, 3.8) is 0 Å². The Bertz CT molecular complexity index is 494. The average Bonchev–Trinajstić information content (AvgIpc) is 3.00. The number of hydrogen-bond acceptors (Lipinski definition) is 13. The Morgan fingerprint density at radius 3 is 0.651 bits per heavy atom. The first-order chi connectivity index (χ1) is 21.3. The highest BCUT2D eigenvalue weighted by Gasteiger charge is 1.97. The molecule has 260 valence electrons. The van der Waals surface area contributed by atoms with Crippen LogP contribution in [-0.2, 0) is 56.8 Å². The van der Waals surface area contributed by atoms with E-state index in [-0.39, 0.29) is 0 Å². The minimum atomic E-state index is 0.519. The van der Waals surface area contributed by atoms with E-state index < -0.39 is 0 Å². The van der Waals surface area contributed by atoms with Gasteiger partial charge in [0.2, 0.25) is 0 Å². The van der Waals surface area contributed by atoms with Crippen LogP contribution in [0.4, 0.5) is 0 Å². The molecule has 0 aromatic carbocycles. The number of hydrogen-bond donors (Lipinski definition) is 0. The summed E-state index contributed by atoms with van der Waals surface area (Å²) in [5.41, 5.74) is 0. The third kappa shape index (κ3) is 41.5. The molecule has 0 unspecified atom stereocenters. The monoisotopic (exact) mass is 629 g/mol. The summed E-state index contributed by atoms with van der Waals surface area (Å²) in [6.07, 6.45) is 2.24. The fraction of sp³-hybridized carbons (Fsp3) is 1.00. The first kappa shape index (κ1) is 42.5. The quantitative estimate of drug-likeness (QED) is 0.0918. The van der Waals surface area contributed by atoms with E-state index in [0.29, 0.717) is 145 Å². The summed E-state index contributed by atoms with van der Waals surface area (Å²) in [7, 11) is 4.04. The molecule has 13 nitrogen and oxygen atoms in total. The summed E-state index contributed by atoms with van der Waals surface area (Å²) in [4.78, 5) is 2.08. The summed E-state index contributed by atoms with van der Waals surface area (Å²) < 4.78 is 65.5. The van der Waals surface area contributed by atoms with Crippen molar-refractivity contribution >= 4 is 0 Å². The van der Waals surface area contributed by atoms with Gasteiger partial charge in [-0.3, -0.25) is 0 Å². The number of likely N-dealkylation sites (N-methyl/N-ethyl adjacent to an activating group) is 1. The highest BCUT2D eigenvalue weighted by atomic mass is 16.6. The van der Waals surface area contributed by atoms with Gasteiger partial charge in [-0.15, -0.1) is 0 Å². The predicted octanol–water partition coefficient (Wildman–Crippen LogP) is 1.55. The zero-order chi connectivity index (χ0) is 31.2. The van der Waals surface area contributed by atoms with Crippen LogP contribution in [0.25, 0.3) is 0 Å². The zero-order valence-corrected chi connectivity index (χ0v) is 27.4. The lowest BCUT2D eigenvalue weighted by molar-refractivity contribution is -0.0284. The molecular weight excluding hydrogens is 566 g/mol. The molecule has 0 fully saturated rings. The first-order valence-corrected chi connectivity index (χ1v) is 15.8. The maximum Gasteiger partial charge on any atom is 0.0701 e. The van der Waals surface area contributed by atoms with Gasteiger partial charge in [-0.25, -0.2) is 0 Å². The molecule has 0 heterocycles. The maximum atomic E-state index is 5.48. The highest BCUT2D eigenvalue weighted by molar-refractivity contribution is 4.41. The van der Waals surface area contributed by atoms with Crippen LogP contribution >= 0.6 is 0 Å². The second-order valence-electron chi connectivity index (χ2n) is 9.51. The minimum Gasteiger partial charge on any atom is -0.379 e. The third-order valence-electron chi connectivity index (χ3n) is 5.42. The standard InChI is InChI=1S/C30H63NO12/c1-4-5-7-32-9-11-34-13-15-36-17-19-38-21-23-40-25-27-42-29-30-43-28-26-41-24-22-39-20-18-37-16-14-35-12-10-33-8-6-31(2)3/h4-30H2,1-3H3. The van der Waals surface area contributed by atoms with Crippen LogP contribution in [-0.4, -0.2) is 184 Å². The van der Waals surface area contributed by atoms with Crippen molar-refractivity contribution in [2.75, 3.05) is 179 Å². The van der Waals surface area contributed by atoms with Crippen LogP contribution in [0.5, 0.6) is 0 Å². The lowest BCUT2D eigenvalue weighted by atomic mass is 10.4. The minimum absolute atomic E-state index is 0.519. The van der Waals surface area contributed by atoms with E-state index in [1.807, 2.05) is 14.1 Å². The summed E-state index contributed by atoms with van der Waals surface area (Å²) in [6.45, 7) is 16.6. The highest BCUT2D eigenvalue weighted by Crippen LogP contribution is 1.89. The molecule has 0 rings (SSSR count). The van der Waals surface area contributed by atoms with E-state index in [0.717, 1.165) is 32.6 Å². The van der Waals surface area contributed by atoms with E-state index in [9.17, 15) is 0 Å². The lowest BCUT2D eigenvalue weighted by Gasteiger charge is -2.10. The van der Waals surface area contributed by atoms with Crippen molar-refractivity contribution in [2.24, 2.45) is 0 Å². The van der Waals surface area contributed by atoms with E-state index >= 15 is 0 Å². The second-order valence-corrected chi connectivity index (χ2v) is 9.51. The molecule has 0 aromatic rings. The van der Waals surface area contributed by atoms with Crippen LogP contribution in [0.2, 0.25) is 0 Å². The molecule has 0 aromatic heterocycles.